The van der Waals surface area contributed by atoms with Gasteiger partial charge in [-0.15, -0.1) is 0 Å². The summed E-state index contributed by atoms with van der Waals surface area (Å²) in [5.74, 6) is -1.21. The molecule has 1 aromatic carbocycles. The van der Waals surface area contributed by atoms with Gasteiger partial charge in [-0.05, 0) is 29.8 Å². The molecular formula is C13H14N4O2. The van der Waals surface area contributed by atoms with Gasteiger partial charge in [0.05, 0.1) is 0 Å². The number of nitrogens with two attached hydrogens (primary N) is 2. The first kappa shape index (κ1) is 12.7. The fourth-order valence-corrected chi connectivity index (χ4v) is 1.69. The highest BCUT2D eigenvalue weighted by molar-refractivity contribution is 5.99. The third-order valence-corrected chi connectivity index (χ3v) is 2.66. The smallest absolute Gasteiger partial charge is 0.248 e. The van der Waals surface area contributed by atoms with Crippen molar-refractivity contribution < 1.29 is 9.59 Å². The van der Waals surface area contributed by atoms with Crippen molar-refractivity contribution in [1.29, 1.82) is 0 Å². The fraction of sp³-hybridized carbons (Fsp3) is 0.0769. The zero-order valence-corrected chi connectivity index (χ0v) is 10.1. The molecule has 6 heteroatoms. The lowest BCUT2D eigenvalue weighted by Crippen LogP contribution is -2.16. The normalized spacial score (nSPS) is 10.1. The predicted molar refractivity (Wildman–Crippen MR) is 71.6 cm³/mol. The largest absolute Gasteiger partial charge is 0.381 e. The minimum atomic E-state index is -0.604. The van der Waals surface area contributed by atoms with Crippen LogP contribution in [0.1, 0.15) is 26.3 Å². The Morgan fingerprint density at radius 3 is 2.21 bits per heavy atom. The van der Waals surface area contributed by atoms with Gasteiger partial charge in [0.1, 0.15) is 0 Å². The maximum absolute atomic E-state index is 11.2. The summed E-state index contributed by atoms with van der Waals surface area (Å²) in [4.78, 5) is 25.3. The number of aromatic nitrogens is 1. The van der Waals surface area contributed by atoms with Crippen LogP contribution in [0.5, 0.6) is 0 Å². The van der Waals surface area contributed by atoms with Gasteiger partial charge in [0.25, 0.3) is 0 Å². The lowest BCUT2D eigenvalue weighted by atomic mass is 10.1. The molecule has 0 radical (unpaired) electrons. The first-order chi connectivity index (χ1) is 9.06. The molecule has 98 valence electrons. The summed E-state index contributed by atoms with van der Waals surface area (Å²) in [5.41, 5.74) is 12.6. The second-order valence-electron chi connectivity index (χ2n) is 4.10. The summed E-state index contributed by atoms with van der Waals surface area (Å²) in [6.07, 6.45) is 3.66. The van der Waals surface area contributed by atoms with Gasteiger partial charge >= 0.3 is 0 Å². The molecule has 2 amide bonds. The van der Waals surface area contributed by atoms with Gasteiger partial charge in [-0.3, -0.25) is 9.59 Å². The Balaban J connectivity index is 2.23. The van der Waals surface area contributed by atoms with Crippen LogP contribution in [0, 0.1) is 0 Å². The van der Waals surface area contributed by atoms with E-state index < -0.39 is 11.8 Å². The average molecular weight is 258 g/mol. The van der Waals surface area contributed by atoms with Crippen molar-refractivity contribution >= 4 is 17.5 Å². The first-order valence-electron chi connectivity index (χ1n) is 5.66. The number of amides is 2. The van der Waals surface area contributed by atoms with Crippen LogP contribution in [-0.4, -0.2) is 16.8 Å². The van der Waals surface area contributed by atoms with E-state index in [1.807, 2.05) is 18.5 Å². The molecule has 0 bridgehead atoms. The Hall–Kier alpha value is -2.76. The molecule has 0 atom stereocenters. The number of hydrogen-bond donors (Lipinski definition) is 4. The summed E-state index contributed by atoms with van der Waals surface area (Å²) >= 11 is 0. The van der Waals surface area contributed by atoms with Gasteiger partial charge in [0.15, 0.2) is 0 Å². The topological polar surface area (TPSA) is 114 Å². The van der Waals surface area contributed by atoms with Crippen molar-refractivity contribution in [2.45, 2.75) is 6.54 Å². The average Bonchev–Trinajstić information content (AvgIpc) is 2.89. The van der Waals surface area contributed by atoms with Crippen LogP contribution in [0.2, 0.25) is 0 Å². The predicted octanol–water partition coefficient (Wildman–Crippen LogP) is 0.825. The molecule has 0 spiro atoms. The molecule has 2 rings (SSSR count). The monoisotopic (exact) mass is 258 g/mol. The molecular weight excluding hydrogens is 244 g/mol. The Labute approximate surface area is 109 Å². The van der Waals surface area contributed by atoms with Crippen molar-refractivity contribution in [3.63, 3.8) is 0 Å². The molecule has 2 aromatic rings. The number of carbonyl (C=O) groups excluding carboxylic acids is 2. The van der Waals surface area contributed by atoms with E-state index >= 15 is 0 Å². The summed E-state index contributed by atoms with van der Waals surface area (Å²) in [6, 6.07) is 6.47. The maximum Gasteiger partial charge on any atom is 0.248 e. The summed E-state index contributed by atoms with van der Waals surface area (Å²) in [7, 11) is 0. The molecule has 0 aliphatic heterocycles. The Morgan fingerprint density at radius 1 is 1.11 bits per heavy atom. The third-order valence-electron chi connectivity index (χ3n) is 2.66. The highest BCUT2D eigenvalue weighted by atomic mass is 16.1. The van der Waals surface area contributed by atoms with E-state index in [0.717, 1.165) is 5.56 Å². The van der Waals surface area contributed by atoms with E-state index in [2.05, 4.69) is 10.3 Å². The second kappa shape index (κ2) is 5.26. The number of rotatable bonds is 5. The SMILES string of the molecule is NC(=O)c1cc(NCc2cc[nH]c2)cc(C(N)=O)c1. The van der Waals surface area contributed by atoms with Crippen molar-refractivity contribution in [3.8, 4) is 0 Å². The molecule has 1 aromatic heterocycles. The Morgan fingerprint density at radius 2 is 1.74 bits per heavy atom. The zero-order valence-electron chi connectivity index (χ0n) is 10.1. The molecule has 0 unspecified atom stereocenters. The lowest BCUT2D eigenvalue weighted by molar-refractivity contribution is 0.0999. The van der Waals surface area contributed by atoms with Gasteiger partial charge in [-0.2, -0.15) is 0 Å². The van der Waals surface area contributed by atoms with Crippen molar-refractivity contribution in [3.05, 3.63) is 53.3 Å². The molecule has 6 N–H and O–H groups in total. The van der Waals surface area contributed by atoms with Crippen LogP contribution in [-0.2, 0) is 6.54 Å². The molecule has 19 heavy (non-hydrogen) atoms. The van der Waals surface area contributed by atoms with Crippen molar-refractivity contribution in [2.24, 2.45) is 11.5 Å². The number of H-pyrrole nitrogens is 1. The standard InChI is InChI=1S/C13H14N4O2/c14-12(18)9-3-10(13(15)19)5-11(4-9)17-7-8-1-2-16-6-8/h1-6,16-17H,7H2,(H2,14,18)(H2,15,19). The summed E-state index contributed by atoms with van der Waals surface area (Å²) < 4.78 is 0. The molecule has 1 heterocycles. The molecule has 0 saturated heterocycles. The second-order valence-corrected chi connectivity index (χ2v) is 4.10. The van der Waals surface area contributed by atoms with E-state index in [0.29, 0.717) is 12.2 Å². The number of anilines is 1. The van der Waals surface area contributed by atoms with Crippen LogP contribution in [0.15, 0.2) is 36.7 Å². The number of nitrogens with one attached hydrogen (secondary N) is 2. The van der Waals surface area contributed by atoms with Gasteiger partial charge in [0, 0.05) is 35.8 Å². The van der Waals surface area contributed by atoms with Crippen LogP contribution in [0.25, 0.3) is 0 Å². The van der Waals surface area contributed by atoms with Gasteiger partial charge in [-0.25, -0.2) is 0 Å². The number of hydrogen-bond acceptors (Lipinski definition) is 3. The Kier molecular flexibility index (Phi) is 3.51. The van der Waals surface area contributed by atoms with E-state index in [-0.39, 0.29) is 11.1 Å². The minimum absolute atomic E-state index is 0.243. The van der Waals surface area contributed by atoms with E-state index in [9.17, 15) is 9.59 Å². The fourth-order valence-electron chi connectivity index (χ4n) is 1.69. The van der Waals surface area contributed by atoms with E-state index in [1.54, 1.807) is 12.1 Å². The van der Waals surface area contributed by atoms with Crippen LogP contribution < -0.4 is 16.8 Å². The molecule has 6 nitrogen and oxygen atoms in total. The highest BCUT2D eigenvalue weighted by Crippen LogP contribution is 2.15. The summed E-state index contributed by atoms with van der Waals surface area (Å²) in [5, 5.41) is 3.10. The summed E-state index contributed by atoms with van der Waals surface area (Å²) in [6.45, 7) is 0.559. The number of benzene rings is 1. The zero-order chi connectivity index (χ0) is 13.8. The molecule has 0 saturated carbocycles. The molecule has 0 aliphatic carbocycles. The van der Waals surface area contributed by atoms with Gasteiger partial charge in [0.2, 0.25) is 11.8 Å². The van der Waals surface area contributed by atoms with Crippen LogP contribution >= 0.6 is 0 Å². The minimum Gasteiger partial charge on any atom is -0.381 e. The Bertz CT molecular complexity index is 573. The molecule has 0 fully saturated rings. The number of aromatic amines is 1. The van der Waals surface area contributed by atoms with Gasteiger partial charge < -0.3 is 21.8 Å². The van der Waals surface area contributed by atoms with Crippen LogP contribution in [0.4, 0.5) is 5.69 Å². The lowest BCUT2D eigenvalue weighted by Gasteiger charge is -2.08. The maximum atomic E-state index is 11.2. The van der Waals surface area contributed by atoms with E-state index in [4.69, 9.17) is 11.5 Å². The quantitative estimate of drug-likeness (QED) is 0.636. The molecule has 0 aliphatic rings. The third kappa shape index (κ3) is 3.12. The number of carbonyl (C=O) groups is 2. The van der Waals surface area contributed by atoms with Crippen molar-refractivity contribution in [2.75, 3.05) is 5.32 Å². The van der Waals surface area contributed by atoms with E-state index in [1.165, 1.54) is 6.07 Å². The van der Waals surface area contributed by atoms with Gasteiger partial charge in [-0.1, -0.05) is 0 Å². The van der Waals surface area contributed by atoms with Crippen molar-refractivity contribution in [1.82, 2.24) is 4.98 Å². The number of primary amides is 2. The van der Waals surface area contributed by atoms with Crippen LogP contribution in [0.3, 0.4) is 0 Å². The first-order valence-corrected chi connectivity index (χ1v) is 5.66. The highest BCUT2D eigenvalue weighted by Gasteiger charge is 2.09.